The number of benzene rings is 2. The maximum atomic E-state index is 12.2. The normalized spacial score (nSPS) is 21.2. The molecule has 2 heterocycles. The van der Waals surface area contributed by atoms with E-state index >= 15 is 0 Å². The van der Waals surface area contributed by atoms with Crippen LogP contribution >= 0.6 is 0 Å². The van der Waals surface area contributed by atoms with Gasteiger partial charge in [0.1, 0.15) is 29.6 Å². The molecule has 248 valence electrons. The second kappa shape index (κ2) is 16.6. The molecule has 2 aliphatic rings. The van der Waals surface area contributed by atoms with Crippen molar-refractivity contribution in [2.75, 3.05) is 14.2 Å². The largest absolute Gasteiger partial charge is 0.497 e. The molecule has 2 saturated carbocycles. The maximum absolute atomic E-state index is 12.2. The van der Waals surface area contributed by atoms with Gasteiger partial charge >= 0.3 is 0 Å². The first-order valence-corrected chi connectivity index (χ1v) is 17.0. The van der Waals surface area contributed by atoms with Gasteiger partial charge in [-0.1, -0.05) is 51.0 Å². The number of hydrogen-bond acceptors (Lipinski definition) is 7. The van der Waals surface area contributed by atoms with E-state index in [9.17, 15) is 4.79 Å². The molecule has 0 bridgehead atoms. The van der Waals surface area contributed by atoms with Crippen LogP contribution in [0.3, 0.4) is 0 Å². The van der Waals surface area contributed by atoms with Gasteiger partial charge in [0.15, 0.2) is 0 Å². The van der Waals surface area contributed by atoms with Crippen molar-refractivity contribution in [3.8, 4) is 17.4 Å². The summed E-state index contributed by atoms with van der Waals surface area (Å²) >= 11 is 0. The minimum atomic E-state index is -0.0477. The van der Waals surface area contributed by atoms with Gasteiger partial charge in [0.25, 0.3) is 11.4 Å². The van der Waals surface area contributed by atoms with Crippen LogP contribution in [0.1, 0.15) is 113 Å². The lowest BCUT2D eigenvalue weighted by atomic mass is 9.80. The van der Waals surface area contributed by atoms with Gasteiger partial charge in [-0.2, -0.15) is 4.74 Å². The van der Waals surface area contributed by atoms with E-state index in [1.165, 1.54) is 56.1 Å². The van der Waals surface area contributed by atoms with Crippen LogP contribution in [0, 0.1) is 11.8 Å². The first kappa shape index (κ1) is 33.4. The van der Waals surface area contributed by atoms with E-state index in [4.69, 9.17) is 23.3 Å². The van der Waals surface area contributed by atoms with Crippen LogP contribution in [0.25, 0.3) is 0 Å². The van der Waals surface area contributed by atoms with Crippen molar-refractivity contribution < 1.29 is 23.3 Å². The summed E-state index contributed by atoms with van der Waals surface area (Å²) in [6, 6.07) is 19.2. The Hall–Kier alpha value is -3.94. The Kier molecular flexibility index (Phi) is 12.0. The molecule has 2 aromatic carbocycles. The number of hydrogen-bond donors (Lipinski definition) is 0. The second-order valence-electron chi connectivity index (χ2n) is 12.8. The van der Waals surface area contributed by atoms with E-state index in [-0.39, 0.29) is 5.56 Å². The molecule has 0 unspecified atom stereocenters. The summed E-state index contributed by atoms with van der Waals surface area (Å²) < 4.78 is 28.9. The number of nitrogens with zero attached hydrogens (tertiary/aromatic N) is 2. The molecule has 0 spiro atoms. The summed E-state index contributed by atoms with van der Waals surface area (Å²) in [6.07, 6.45) is 12.3. The van der Waals surface area contributed by atoms with E-state index in [2.05, 4.69) is 19.0 Å². The molecule has 0 amide bonds. The summed E-state index contributed by atoms with van der Waals surface area (Å²) in [5, 5.41) is 4.06. The van der Waals surface area contributed by atoms with E-state index in [0.29, 0.717) is 30.9 Å². The highest BCUT2D eigenvalue weighted by atomic mass is 16.5. The van der Waals surface area contributed by atoms with E-state index < -0.39 is 0 Å². The van der Waals surface area contributed by atoms with Crippen LogP contribution in [0.4, 0.5) is 0 Å². The topological polar surface area (TPSA) is 88.9 Å². The molecule has 2 fully saturated rings. The molecule has 46 heavy (non-hydrogen) atoms. The lowest BCUT2D eigenvalue weighted by Gasteiger charge is -2.25. The molecule has 2 aromatic heterocycles. The molecule has 0 saturated heterocycles. The summed E-state index contributed by atoms with van der Waals surface area (Å²) in [5.74, 6) is 6.72. The van der Waals surface area contributed by atoms with Crippen molar-refractivity contribution in [3.05, 3.63) is 93.7 Å². The minimum Gasteiger partial charge on any atom is -0.497 e. The van der Waals surface area contributed by atoms with E-state index in [1.54, 1.807) is 20.3 Å². The van der Waals surface area contributed by atoms with Crippen molar-refractivity contribution in [2.24, 2.45) is 11.8 Å². The number of ether oxygens (including phenoxy) is 3. The van der Waals surface area contributed by atoms with Gasteiger partial charge in [-0.3, -0.25) is 4.79 Å². The number of methoxy groups -OCH3 is 2. The van der Waals surface area contributed by atoms with Crippen LogP contribution in [-0.2, 0) is 13.2 Å². The molecule has 4 aromatic rings. The Labute approximate surface area is 273 Å². The SMILES string of the molecule is CCC1CCC(c2cc(=O)n(Cc3ccc(OC)cc3)o2)CC1.CCC1CCC(c2cc(OCc3ccc(OC)cc3)no2)CC1. The van der Waals surface area contributed by atoms with Gasteiger partial charge in [0, 0.05) is 24.0 Å². The van der Waals surface area contributed by atoms with Crippen molar-refractivity contribution >= 4 is 0 Å². The van der Waals surface area contributed by atoms with Crippen LogP contribution in [0.15, 0.2) is 74.5 Å². The second-order valence-corrected chi connectivity index (χ2v) is 12.8. The highest BCUT2D eigenvalue weighted by molar-refractivity contribution is 5.28. The smallest absolute Gasteiger partial charge is 0.282 e. The van der Waals surface area contributed by atoms with Crippen molar-refractivity contribution in [3.63, 3.8) is 0 Å². The van der Waals surface area contributed by atoms with Crippen molar-refractivity contribution in [1.29, 1.82) is 0 Å². The Bertz CT molecular complexity index is 1500. The van der Waals surface area contributed by atoms with Crippen molar-refractivity contribution in [1.82, 2.24) is 9.90 Å². The Morgan fingerprint density at radius 1 is 0.717 bits per heavy atom. The van der Waals surface area contributed by atoms with Gasteiger partial charge in [-0.15, -0.1) is 0 Å². The Balaban J connectivity index is 0.000000181. The zero-order chi connectivity index (χ0) is 32.3. The number of aromatic nitrogens is 2. The standard InChI is InChI=1S/2C19H25NO3/c1-3-14-4-8-16(9-5-14)18-12-19(20-23-18)22-13-15-6-10-17(21-2)11-7-15;1-3-14-4-8-16(9-5-14)18-12-19(21)20(23-18)13-15-6-10-17(22-2)11-7-15/h2*6-7,10-12,14,16H,3-5,8-9,13H2,1-2H3. The van der Waals surface area contributed by atoms with Gasteiger partial charge in [0.2, 0.25) is 0 Å². The molecule has 0 radical (unpaired) electrons. The van der Waals surface area contributed by atoms with Gasteiger partial charge < -0.3 is 23.3 Å². The van der Waals surface area contributed by atoms with Crippen LogP contribution in [0.5, 0.6) is 17.4 Å². The third-order valence-electron chi connectivity index (χ3n) is 9.92. The molecule has 8 nitrogen and oxygen atoms in total. The fourth-order valence-electron chi connectivity index (χ4n) is 6.71. The quantitative estimate of drug-likeness (QED) is 0.163. The molecule has 0 aliphatic heterocycles. The highest BCUT2D eigenvalue weighted by Gasteiger charge is 2.26. The van der Waals surface area contributed by atoms with Crippen LogP contribution in [-0.4, -0.2) is 24.1 Å². The summed E-state index contributed by atoms with van der Waals surface area (Å²) in [7, 11) is 3.31. The molecular weight excluding hydrogens is 580 g/mol. The Morgan fingerprint density at radius 2 is 1.24 bits per heavy atom. The highest BCUT2D eigenvalue weighted by Crippen LogP contribution is 2.38. The van der Waals surface area contributed by atoms with Gasteiger partial charge in [-0.25, -0.2) is 0 Å². The zero-order valence-corrected chi connectivity index (χ0v) is 27.9. The van der Waals surface area contributed by atoms with Crippen molar-refractivity contribution in [2.45, 2.75) is 103 Å². The first-order chi connectivity index (χ1) is 22.5. The third-order valence-corrected chi connectivity index (χ3v) is 9.92. The predicted octanol–water partition coefficient (Wildman–Crippen LogP) is 9.13. The lowest BCUT2D eigenvalue weighted by molar-refractivity contribution is 0.220. The van der Waals surface area contributed by atoms with Gasteiger partial charge in [-0.05, 0) is 104 Å². The van der Waals surface area contributed by atoms with E-state index in [1.807, 2.05) is 54.6 Å². The minimum absolute atomic E-state index is 0.0477. The van der Waals surface area contributed by atoms with E-state index in [0.717, 1.165) is 58.8 Å². The fraction of sp³-hybridized carbons (Fsp3) is 0.526. The predicted molar refractivity (Wildman–Crippen MR) is 179 cm³/mol. The molecule has 0 N–H and O–H groups in total. The maximum Gasteiger partial charge on any atom is 0.282 e. The summed E-state index contributed by atoms with van der Waals surface area (Å²) in [4.78, 5) is 12.2. The van der Waals surface area contributed by atoms with Crippen LogP contribution < -0.4 is 19.8 Å². The molecule has 6 rings (SSSR count). The monoisotopic (exact) mass is 630 g/mol. The van der Waals surface area contributed by atoms with Gasteiger partial charge in [0.05, 0.1) is 20.8 Å². The first-order valence-electron chi connectivity index (χ1n) is 17.0. The van der Waals surface area contributed by atoms with Crippen LogP contribution in [0.2, 0.25) is 0 Å². The summed E-state index contributed by atoms with van der Waals surface area (Å²) in [6.45, 7) is 5.49. The lowest BCUT2D eigenvalue weighted by Crippen LogP contribution is -2.13. The zero-order valence-electron chi connectivity index (χ0n) is 27.9. The Morgan fingerprint density at radius 3 is 1.76 bits per heavy atom. The summed E-state index contributed by atoms with van der Waals surface area (Å²) in [5.41, 5.74) is 2.07. The number of rotatable bonds is 11. The average molecular weight is 631 g/mol. The third kappa shape index (κ3) is 9.08. The molecule has 0 atom stereocenters. The molecular formula is C38H50N2O6. The molecule has 2 aliphatic carbocycles. The molecule has 8 heteroatoms. The average Bonchev–Trinajstić information content (AvgIpc) is 3.74. The fourth-order valence-corrected chi connectivity index (χ4v) is 6.71.